The molecular weight excluding hydrogens is 248 g/mol. The molecule has 2 aromatic rings. The van der Waals surface area contributed by atoms with Crippen molar-refractivity contribution >= 4 is 5.97 Å². The highest BCUT2D eigenvalue weighted by Crippen LogP contribution is 2.48. The number of carbonyl (C=O) groups is 1. The highest BCUT2D eigenvalue weighted by Gasteiger charge is 2.44. The maximum atomic E-state index is 11.5. The molecule has 0 saturated heterocycles. The molecule has 0 aliphatic heterocycles. The number of esters is 1. The largest absolute Gasteiger partial charge is 0.469 e. The number of aryl methyl sites for hydroxylation is 1. The summed E-state index contributed by atoms with van der Waals surface area (Å²) in [6.45, 7) is 2.09. The summed E-state index contributed by atoms with van der Waals surface area (Å²) in [5.74, 6) is 0.317. The molecule has 1 fully saturated rings. The van der Waals surface area contributed by atoms with Crippen LogP contribution in [-0.4, -0.2) is 13.1 Å². The van der Waals surface area contributed by atoms with Crippen LogP contribution >= 0.6 is 0 Å². The average Bonchev–Trinajstić information content (AvgIpc) is 3.28. The minimum Gasteiger partial charge on any atom is -0.469 e. The third kappa shape index (κ3) is 2.46. The lowest BCUT2D eigenvalue weighted by Crippen LogP contribution is -2.03. The van der Waals surface area contributed by atoms with Gasteiger partial charge in [-0.1, -0.05) is 54.1 Å². The first kappa shape index (κ1) is 12.9. The van der Waals surface area contributed by atoms with E-state index in [0.717, 1.165) is 6.42 Å². The lowest BCUT2D eigenvalue weighted by Gasteiger charge is -2.05. The first-order valence-electron chi connectivity index (χ1n) is 6.94. The minimum atomic E-state index is -0.0855. The van der Waals surface area contributed by atoms with Gasteiger partial charge in [-0.15, -0.1) is 0 Å². The molecule has 0 radical (unpaired) electrons. The molecule has 0 amide bonds. The van der Waals surface area contributed by atoms with Crippen molar-refractivity contribution in [3.63, 3.8) is 0 Å². The Morgan fingerprint density at radius 3 is 2.10 bits per heavy atom. The summed E-state index contributed by atoms with van der Waals surface area (Å²) < 4.78 is 4.79. The monoisotopic (exact) mass is 266 g/mol. The smallest absolute Gasteiger partial charge is 0.309 e. The van der Waals surface area contributed by atoms with Gasteiger partial charge in [-0.2, -0.15) is 0 Å². The number of benzene rings is 2. The fourth-order valence-electron chi connectivity index (χ4n) is 2.64. The predicted molar refractivity (Wildman–Crippen MR) is 79.5 cm³/mol. The van der Waals surface area contributed by atoms with Gasteiger partial charge in [0, 0.05) is 0 Å². The molecular formula is C18H18O2. The van der Waals surface area contributed by atoms with Crippen molar-refractivity contribution in [2.45, 2.75) is 19.3 Å². The van der Waals surface area contributed by atoms with Crippen LogP contribution in [-0.2, 0) is 9.53 Å². The summed E-state index contributed by atoms with van der Waals surface area (Å²) in [6, 6.07) is 17.0. The third-order valence-corrected chi connectivity index (χ3v) is 4.02. The standard InChI is InChI=1S/C18H18O2/c1-12-3-5-13(6-4-12)14-7-9-15(10-8-14)16-11-17(16)18(19)20-2/h3-10,16-17H,11H2,1-2H3. The molecule has 2 heteroatoms. The number of ether oxygens (including phenoxy) is 1. The van der Waals surface area contributed by atoms with Crippen molar-refractivity contribution in [3.8, 4) is 11.1 Å². The van der Waals surface area contributed by atoms with E-state index in [9.17, 15) is 4.79 Å². The Bertz CT molecular complexity index is 611. The zero-order chi connectivity index (χ0) is 14.1. The summed E-state index contributed by atoms with van der Waals surface area (Å²) in [6.07, 6.45) is 0.913. The van der Waals surface area contributed by atoms with E-state index in [2.05, 4.69) is 55.5 Å². The quantitative estimate of drug-likeness (QED) is 0.787. The molecule has 2 unspecified atom stereocenters. The van der Waals surface area contributed by atoms with Gasteiger partial charge in [0.2, 0.25) is 0 Å². The van der Waals surface area contributed by atoms with E-state index >= 15 is 0 Å². The molecule has 0 bridgehead atoms. The molecule has 2 nitrogen and oxygen atoms in total. The Balaban J connectivity index is 1.76. The molecule has 1 saturated carbocycles. The van der Waals surface area contributed by atoms with Crippen LogP contribution in [0.3, 0.4) is 0 Å². The summed E-state index contributed by atoms with van der Waals surface area (Å²) >= 11 is 0. The van der Waals surface area contributed by atoms with Crippen molar-refractivity contribution in [2.75, 3.05) is 7.11 Å². The van der Waals surface area contributed by atoms with Crippen LogP contribution in [0.2, 0.25) is 0 Å². The molecule has 0 spiro atoms. The fraction of sp³-hybridized carbons (Fsp3) is 0.278. The van der Waals surface area contributed by atoms with Crippen LogP contribution < -0.4 is 0 Å². The van der Waals surface area contributed by atoms with Crippen LogP contribution in [0.1, 0.15) is 23.5 Å². The zero-order valence-electron chi connectivity index (χ0n) is 11.8. The van der Waals surface area contributed by atoms with Crippen molar-refractivity contribution < 1.29 is 9.53 Å². The van der Waals surface area contributed by atoms with Gasteiger partial charge in [0.25, 0.3) is 0 Å². The van der Waals surface area contributed by atoms with Gasteiger partial charge in [0.15, 0.2) is 0 Å². The number of carbonyl (C=O) groups excluding carboxylic acids is 1. The van der Waals surface area contributed by atoms with Gasteiger partial charge < -0.3 is 4.74 Å². The van der Waals surface area contributed by atoms with Crippen LogP contribution in [0, 0.1) is 12.8 Å². The highest BCUT2D eigenvalue weighted by atomic mass is 16.5. The van der Waals surface area contributed by atoms with E-state index in [-0.39, 0.29) is 11.9 Å². The lowest BCUT2D eigenvalue weighted by atomic mass is 10.0. The minimum absolute atomic E-state index is 0.0604. The summed E-state index contributed by atoms with van der Waals surface area (Å²) in [5, 5.41) is 0. The van der Waals surface area contributed by atoms with Crippen molar-refractivity contribution in [1.29, 1.82) is 0 Å². The normalized spacial score (nSPS) is 20.5. The topological polar surface area (TPSA) is 26.3 Å². The molecule has 0 aromatic heterocycles. The molecule has 3 rings (SSSR count). The van der Waals surface area contributed by atoms with E-state index in [4.69, 9.17) is 4.74 Å². The second-order valence-electron chi connectivity index (χ2n) is 5.46. The zero-order valence-corrected chi connectivity index (χ0v) is 11.8. The SMILES string of the molecule is COC(=O)C1CC1c1ccc(-c2ccc(C)cc2)cc1. The number of hydrogen-bond donors (Lipinski definition) is 0. The van der Waals surface area contributed by atoms with Gasteiger partial charge in [-0.25, -0.2) is 0 Å². The third-order valence-electron chi connectivity index (χ3n) is 4.02. The van der Waals surface area contributed by atoms with E-state index < -0.39 is 0 Å². The molecule has 2 aromatic carbocycles. The summed E-state index contributed by atoms with van der Waals surface area (Å²) in [7, 11) is 1.46. The second-order valence-corrected chi connectivity index (χ2v) is 5.46. The first-order valence-corrected chi connectivity index (χ1v) is 6.94. The maximum absolute atomic E-state index is 11.5. The van der Waals surface area contributed by atoms with Crippen LogP contribution in [0.5, 0.6) is 0 Å². The van der Waals surface area contributed by atoms with Crippen molar-refractivity contribution in [2.24, 2.45) is 5.92 Å². The maximum Gasteiger partial charge on any atom is 0.309 e. The molecule has 1 aliphatic carbocycles. The Morgan fingerprint density at radius 2 is 1.55 bits per heavy atom. The van der Waals surface area contributed by atoms with Crippen LogP contribution in [0.15, 0.2) is 48.5 Å². The molecule has 0 heterocycles. The summed E-state index contributed by atoms with van der Waals surface area (Å²) in [4.78, 5) is 11.5. The van der Waals surface area contributed by atoms with Crippen LogP contribution in [0.25, 0.3) is 11.1 Å². The molecule has 102 valence electrons. The van der Waals surface area contributed by atoms with E-state index in [1.165, 1.54) is 29.4 Å². The Morgan fingerprint density at radius 1 is 1.00 bits per heavy atom. The van der Waals surface area contributed by atoms with Gasteiger partial charge >= 0.3 is 5.97 Å². The van der Waals surface area contributed by atoms with Gasteiger partial charge in [0.05, 0.1) is 13.0 Å². The highest BCUT2D eigenvalue weighted by molar-refractivity contribution is 5.77. The van der Waals surface area contributed by atoms with E-state index in [0.29, 0.717) is 5.92 Å². The fourth-order valence-corrected chi connectivity index (χ4v) is 2.64. The average molecular weight is 266 g/mol. The molecule has 2 atom stereocenters. The predicted octanol–water partition coefficient (Wildman–Crippen LogP) is 3.94. The van der Waals surface area contributed by atoms with Gasteiger partial charge in [-0.3, -0.25) is 4.79 Å². The lowest BCUT2D eigenvalue weighted by molar-refractivity contribution is -0.142. The first-order chi connectivity index (χ1) is 9.69. The Labute approximate surface area is 119 Å². The van der Waals surface area contributed by atoms with Crippen molar-refractivity contribution in [1.82, 2.24) is 0 Å². The van der Waals surface area contributed by atoms with E-state index in [1.54, 1.807) is 0 Å². The van der Waals surface area contributed by atoms with E-state index in [1.807, 2.05) is 0 Å². The second kappa shape index (κ2) is 5.12. The van der Waals surface area contributed by atoms with Crippen molar-refractivity contribution in [3.05, 3.63) is 59.7 Å². The van der Waals surface area contributed by atoms with Gasteiger partial charge in [0.1, 0.15) is 0 Å². The van der Waals surface area contributed by atoms with Gasteiger partial charge in [-0.05, 0) is 36.0 Å². The molecule has 1 aliphatic rings. The Hall–Kier alpha value is -2.09. The molecule has 20 heavy (non-hydrogen) atoms. The Kier molecular flexibility index (Phi) is 3.31. The number of methoxy groups -OCH3 is 1. The molecule has 0 N–H and O–H groups in total. The summed E-state index contributed by atoms with van der Waals surface area (Å²) in [5.41, 5.74) is 4.94. The number of rotatable bonds is 3. The number of hydrogen-bond acceptors (Lipinski definition) is 2. The van der Waals surface area contributed by atoms with Crippen LogP contribution in [0.4, 0.5) is 0 Å².